The van der Waals surface area contributed by atoms with Gasteiger partial charge in [-0.1, -0.05) is 43.1 Å². The van der Waals surface area contributed by atoms with Crippen LogP contribution in [0.5, 0.6) is 11.5 Å². The number of para-hydroxylation sites is 1. The summed E-state index contributed by atoms with van der Waals surface area (Å²) in [5.74, 6) is 0.951. The van der Waals surface area contributed by atoms with Crippen molar-refractivity contribution in [1.82, 2.24) is 5.32 Å². The predicted molar refractivity (Wildman–Crippen MR) is 111 cm³/mol. The Bertz CT molecular complexity index is 727. The Morgan fingerprint density at radius 2 is 1.89 bits per heavy atom. The summed E-state index contributed by atoms with van der Waals surface area (Å²) >= 11 is 6.10. The molecule has 6 heteroatoms. The highest BCUT2D eigenvalue weighted by Crippen LogP contribution is 2.32. The third-order valence-corrected chi connectivity index (χ3v) is 4.62. The number of nitrogens with one attached hydrogen (secondary N) is 1. The lowest BCUT2D eigenvalue weighted by Gasteiger charge is -2.16. The number of halogens is 2. The van der Waals surface area contributed by atoms with Crippen LogP contribution in [0.15, 0.2) is 36.4 Å². The molecular weight excluding hydrogens is 381 g/mol. The second kappa shape index (κ2) is 12.6. The van der Waals surface area contributed by atoms with Crippen LogP contribution in [0.4, 0.5) is 4.39 Å². The molecule has 0 bridgehead atoms. The number of rotatable bonds is 13. The number of unbranched alkanes of at least 4 members (excludes halogenated alkanes) is 1. The maximum Gasteiger partial charge on any atom is 0.166 e. The van der Waals surface area contributed by atoms with E-state index in [1.807, 2.05) is 18.2 Å². The van der Waals surface area contributed by atoms with Gasteiger partial charge in [0.2, 0.25) is 0 Å². The van der Waals surface area contributed by atoms with Crippen LogP contribution in [0.2, 0.25) is 5.02 Å². The fraction of sp³-hybridized carbons (Fsp3) is 0.455. The summed E-state index contributed by atoms with van der Waals surface area (Å²) in [6.45, 7) is 5.49. The largest absolute Gasteiger partial charge is 0.493 e. The molecule has 154 valence electrons. The standard InChI is InChI=1S/C22H29ClFNO3/c1-3-4-12-27-13-6-11-25-15-17-7-5-8-21(26-2)22(17)28-16-18-9-10-19(24)14-20(18)23/h5,7-10,14,25H,3-4,6,11-13,15-16H2,1-2H3. The Morgan fingerprint density at radius 3 is 2.64 bits per heavy atom. The number of ether oxygens (including phenoxy) is 3. The molecule has 0 saturated carbocycles. The molecule has 28 heavy (non-hydrogen) atoms. The van der Waals surface area contributed by atoms with E-state index in [2.05, 4.69) is 12.2 Å². The molecule has 0 aliphatic carbocycles. The van der Waals surface area contributed by atoms with Crippen molar-refractivity contribution in [1.29, 1.82) is 0 Å². The summed E-state index contributed by atoms with van der Waals surface area (Å²) in [5, 5.41) is 3.76. The zero-order valence-electron chi connectivity index (χ0n) is 16.6. The van der Waals surface area contributed by atoms with Crippen molar-refractivity contribution in [3.63, 3.8) is 0 Å². The van der Waals surface area contributed by atoms with E-state index in [0.717, 1.165) is 50.1 Å². The van der Waals surface area contributed by atoms with Crippen LogP contribution in [-0.2, 0) is 17.9 Å². The smallest absolute Gasteiger partial charge is 0.166 e. The van der Waals surface area contributed by atoms with Gasteiger partial charge in [-0.2, -0.15) is 0 Å². The van der Waals surface area contributed by atoms with Crippen molar-refractivity contribution >= 4 is 11.6 Å². The van der Waals surface area contributed by atoms with E-state index >= 15 is 0 Å². The van der Waals surface area contributed by atoms with E-state index < -0.39 is 0 Å². The summed E-state index contributed by atoms with van der Waals surface area (Å²) in [6.07, 6.45) is 3.21. The predicted octanol–water partition coefficient (Wildman–Crippen LogP) is 5.36. The first-order valence-corrected chi connectivity index (χ1v) is 10.0. The summed E-state index contributed by atoms with van der Waals surface area (Å²) < 4.78 is 30.2. The van der Waals surface area contributed by atoms with Crippen LogP contribution in [0.1, 0.15) is 37.3 Å². The zero-order valence-corrected chi connectivity index (χ0v) is 17.4. The first-order chi connectivity index (χ1) is 13.7. The summed E-state index contributed by atoms with van der Waals surface area (Å²) in [4.78, 5) is 0. The Morgan fingerprint density at radius 1 is 1.07 bits per heavy atom. The van der Waals surface area contributed by atoms with Gasteiger partial charge in [-0.15, -0.1) is 0 Å². The van der Waals surface area contributed by atoms with Gasteiger partial charge in [0.25, 0.3) is 0 Å². The first kappa shape index (κ1) is 22.5. The molecule has 0 radical (unpaired) electrons. The van der Waals surface area contributed by atoms with Gasteiger partial charge in [0, 0.05) is 30.9 Å². The van der Waals surface area contributed by atoms with Gasteiger partial charge in [0.15, 0.2) is 11.5 Å². The topological polar surface area (TPSA) is 39.7 Å². The Labute approximate surface area is 171 Å². The van der Waals surface area contributed by atoms with Gasteiger partial charge in [0.05, 0.1) is 12.1 Å². The molecule has 0 aliphatic heterocycles. The third-order valence-electron chi connectivity index (χ3n) is 4.27. The lowest BCUT2D eigenvalue weighted by molar-refractivity contribution is 0.128. The zero-order chi connectivity index (χ0) is 20.2. The highest BCUT2D eigenvalue weighted by Gasteiger charge is 2.12. The van der Waals surface area contributed by atoms with E-state index in [4.69, 9.17) is 25.8 Å². The normalized spacial score (nSPS) is 10.9. The first-order valence-electron chi connectivity index (χ1n) is 9.66. The molecule has 0 aromatic heterocycles. The Hall–Kier alpha value is -1.82. The molecule has 0 aliphatic rings. The van der Waals surface area contributed by atoms with E-state index in [-0.39, 0.29) is 12.4 Å². The second-order valence-electron chi connectivity index (χ2n) is 6.47. The van der Waals surface area contributed by atoms with Crippen molar-refractivity contribution in [2.24, 2.45) is 0 Å². The highest BCUT2D eigenvalue weighted by molar-refractivity contribution is 6.31. The lowest BCUT2D eigenvalue weighted by Crippen LogP contribution is -2.17. The molecule has 2 aromatic carbocycles. The van der Waals surface area contributed by atoms with E-state index in [1.54, 1.807) is 13.2 Å². The lowest BCUT2D eigenvalue weighted by atomic mass is 10.1. The Kier molecular flexibility index (Phi) is 10.1. The van der Waals surface area contributed by atoms with Gasteiger partial charge < -0.3 is 19.5 Å². The molecule has 0 saturated heterocycles. The molecule has 0 atom stereocenters. The minimum atomic E-state index is -0.366. The van der Waals surface area contributed by atoms with Gasteiger partial charge in [-0.3, -0.25) is 0 Å². The molecule has 0 heterocycles. The average Bonchev–Trinajstić information content (AvgIpc) is 2.69. The maximum atomic E-state index is 13.2. The fourth-order valence-corrected chi connectivity index (χ4v) is 2.91. The van der Waals surface area contributed by atoms with E-state index in [1.165, 1.54) is 12.1 Å². The number of hydrogen-bond donors (Lipinski definition) is 1. The van der Waals surface area contributed by atoms with Crippen molar-refractivity contribution < 1.29 is 18.6 Å². The van der Waals surface area contributed by atoms with Crippen molar-refractivity contribution in [3.05, 3.63) is 58.4 Å². The minimum absolute atomic E-state index is 0.234. The molecule has 0 amide bonds. The van der Waals surface area contributed by atoms with Gasteiger partial charge in [-0.25, -0.2) is 4.39 Å². The van der Waals surface area contributed by atoms with Gasteiger partial charge in [-0.05, 0) is 37.6 Å². The van der Waals surface area contributed by atoms with Gasteiger partial charge >= 0.3 is 0 Å². The van der Waals surface area contributed by atoms with Crippen molar-refractivity contribution in [2.75, 3.05) is 26.9 Å². The molecule has 2 rings (SSSR count). The molecular formula is C22H29ClFNO3. The summed E-state index contributed by atoms with van der Waals surface area (Å²) in [5.41, 5.74) is 1.71. The highest BCUT2D eigenvalue weighted by atomic mass is 35.5. The molecule has 2 aromatic rings. The van der Waals surface area contributed by atoms with Crippen molar-refractivity contribution in [2.45, 2.75) is 39.3 Å². The molecule has 1 N–H and O–H groups in total. The van der Waals surface area contributed by atoms with Crippen LogP contribution in [0.25, 0.3) is 0 Å². The van der Waals surface area contributed by atoms with Crippen LogP contribution >= 0.6 is 11.6 Å². The molecule has 0 unspecified atom stereocenters. The summed E-state index contributed by atoms with van der Waals surface area (Å²) in [6, 6.07) is 10.1. The number of methoxy groups -OCH3 is 1. The van der Waals surface area contributed by atoms with E-state index in [9.17, 15) is 4.39 Å². The third kappa shape index (κ3) is 7.30. The van der Waals surface area contributed by atoms with Crippen LogP contribution in [0.3, 0.4) is 0 Å². The fourth-order valence-electron chi connectivity index (χ4n) is 2.68. The Balaban J connectivity index is 1.90. The van der Waals surface area contributed by atoms with Crippen LogP contribution in [0, 0.1) is 5.82 Å². The minimum Gasteiger partial charge on any atom is -0.493 e. The van der Waals surface area contributed by atoms with Gasteiger partial charge in [0.1, 0.15) is 12.4 Å². The quantitative estimate of drug-likeness (QED) is 0.452. The SMILES string of the molecule is CCCCOCCCNCc1cccc(OC)c1OCc1ccc(F)cc1Cl. The number of benzene rings is 2. The van der Waals surface area contributed by atoms with Crippen molar-refractivity contribution in [3.8, 4) is 11.5 Å². The van der Waals surface area contributed by atoms with Crippen LogP contribution in [-0.4, -0.2) is 26.9 Å². The molecule has 0 fully saturated rings. The molecule has 0 spiro atoms. The van der Waals surface area contributed by atoms with E-state index in [0.29, 0.717) is 23.1 Å². The van der Waals surface area contributed by atoms with Crippen LogP contribution < -0.4 is 14.8 Å². The summed E-state index contributed by atoms with van der Waals surface area (Å²) in [7, 11) is 1.61. The molecule has 4 nitrogen and oxygen atoms in total. The monoisotopic (exact) mass is 409 g/mol. The second-order valence-corrected chi connectivity index (χ2v) is 6.88. The average molecular weight is 410 g/mol. The number of hydrogen-bond acceptors (Lipinski definition) is 4. The maximum absolute atomic E-state index is 13.2.